The van der Waals surface area contributed by atoms with Crippen LogP contribution in [0.5, 0.6) is 0 Å². The molecule has 0 aliphatic carbocycles. The normalized spacial score (nSPS) is 22.2. The van der Waals surface area contributed by atoms with Gasteiger partial charge in [-0.3, -0.25) is 0 Å². The lowest BCUT2D eigenvalue weighted by atomic mass is 10.2. The summed E-state index contributed by atoms with van der Waals surface area (Å²) in [5, 5.41) is 7.91. The van der Waals surface area contributed by atoms with Crippen molar-refractivity contribution in [2.45, 2.75) is 25.8 Å². The van der Waals surface area contributed by atoms with Gasteiger partial charge in [0.25, 0.3) is 0 Å². The molecule has 4 heteroatoms. The fourth-order valence-electron chi connectivity index (χ4n) is 1.76. The third-order valence-corrected chi connectivity index (χ3v) is 2.52. The number of aromatic nitrogens is 2. The summed E-state index contributed by atoms with van der Waals surface area (Å²) in [6, 6.07) is 4.32. The summed E-state index contributed by atoms with van der Waals surface area (Å²) in [4.78, 5) is 2.27. The van der Waals surface area contributed by atoms with Crippen molar-refractivity contribution in [3.63, 3.8) is 0 Å². The van der Waals surface area contributed by atoms with Crippen LogP contribution < -0.4 is 10.6 Å². The second-order valence-electron chi connectivity index (χ2n) is 3.50. The molecule has 0 saturated carbocycles. The average Bonchev–Trinajstić information content (AvgIpc) is 2.53. The summed E-state index contributed by atoms with van der Waals surface area (Å²) in [6.45, 7) is 3.30. The molecule has 0 spiro atoms. The van der Waals surface area contributed by atoms with Crippen LogP contribution in [0.4, 0.5) is 11.6 Å². The number of hydrogen-bond acceptors (Lipinski definition) is 4. The molecule has 1 aliphatic rings. The highest BCUT2D eigenvalue weighted by molar-refractivity contribution is 5.43. The molecule has 1 aromatic rings. The Morgan fingerprint density at radius 2 is 2.31 bits per heavy atom. The van der Waals surface area contributed by atoms with E-state index in [2.05, 4.69) is 22.0 Å². The van der Waals surface area contributed by atoms with Crippen molar-refractivity contribution in [3.05, 3.63) is 12.1 Å². The second-order valence-corrected chi connectivity index (χ2v) is 3.50. The molecule has 2 rings (SSSR count). The number of nitrogens with zero attached hydrogens (tertiary/aromatic N) is 3. The topological polar surface area (TPSA) is 55.0 Å². The molecule has 2 N–H and O–H groups in total. The molecule has 0 radical (unpaired) electrons. The van der Waals surface area contributed by atoms with E-state index in [0.717, 1.165) is 12.4 Å². The van der Waals surface area contributed by atoms with Gasteiger partial charge in [-0.15, -0.1) is 10.2 Å². The Morgan fingerprint density at radius 3 is 2.85 bits per heavy atom. The van der Waals surface area contributed by atoms with Gasteiger partial charge in [0.2, 0.25) is 0 Å². The number of anilines is 2. The van der Waals surface area contributed by atoms with E-state index in [1.165, 1.54) is 12.8 Å². The van der Waals surface area contributed by atoms with Crippen LogP contribution >= 0.6 is 0 Å². The highest BCUT2D eigenvalue weighted by Gasteiger charge is 2.21. The van der Waals surface area contributed by atoms with Crippen LogP contribution in [0.15, 0.2) is 12.1 Å². The first-order chi connectivity index (χ1) is 6.27. The van der Waals surface area contributed by atoms with Crippen molar-refractivity contribution in [1.82, 2.24) is 10.2 Å². The minimum absolute atomic E-state index is 0.482. The van der Waals surface area contributed by atoms with Gasteiger partial charge in [-0.1, -0.05) is 0 Å². The maximum atomic E-state index is 5.47. The summed E-state index contributed by atoms with van der Waals surface area (Å²) >= 11 is 0. The van der Waals surface area contributed by atoms with E-state index in [-0.39, 0.29) is 0 Å². The zero-order chi connectivity index (χ0) is 9.26. The molecule has 1 unspecified atom stereocenters. The average molecular weight is 178 g/mol. The Bertz CT molecular complexity index is 282. The zero-order valence-corrected chi connectivity index (χ0v) is 7.77. The molecule has 70 valence electrons. The van der Waals surface area contributed by atoms with Crippen LogP contribution in [-0.4, -0.2) is 22.8 Å². The monoisotopic (exact) mass is 178 g/mol. The van der Waals surface area contributed by atoms with Crippen LogP contribution in [-0.2, 0) is 0 Å². The van der Waals surface area contributed by atoms with E-state index < -0.39 is 0 Å². The molecular formula is C9H14N4. The molecule has 1 fully saturated rings. The SMILES string of the molecule is CC1CCCN1c1ccc(N)nn1. The quantitative estimate of drug-likeness (QED) is 0.698. The Morgan fingerprint density at radius 1 is 1.46 bits per heavy atom. The number of nitrogens with two attached hydrogens (primary N) is 1. The minimum Gasteiger partial charge on any atom is -0.382 e. The molecule has 1 atom stereocenters. The predicted molar refractivity (Wildman–Crippen MR) is 52.5 cm³/mol. The molecule has 0 bridgehead atoms. The van der Waals surface area contributed by atoms with E-state index in [9.17, 15) is 0 Å². The largest absolute Gasteiger partial charge is 0.382 e. The first kappa shape index (κ1) is 8.29. The molecule has 1 saturated heterocycles. The summed E-state index contributed by atoms with van der Waals surface area (Å²) in [5.74, 6) is 1.43. The lowest BCUT2D eigenvalue weighted by Gasteiger charge is -2.21. The van der Waals surface area contributed by atoms with Crippen LogP contribution in [0.25, 0.3) is 0 Å². The van der Waals surface area contributed by atoms with Gasteiger partial charge < -0.3 is 10.6 Å². The van der Waals surface area contributed by atoms with Gasteiger partial charge in [0, 0.05) is 12.6 Å². The summed E-state index contributed by atoms with van der Waals surface area (Å²) in [5.41, 5.74) is 5.47. The van der Waals surface area contributed by atoms with Gasteiger partial charge in [0.15, 0.2) is 5.82 Å². The van der Waals surface area contributed by atoms with Crippen molar-refractivity contribution >= 4 is 11.6 Å². The summed E-state index contributed by atoms with van der Waals surface area (Å²) < 4.78 is 0. The summed E-state index contributed by atoms with van der Waals surface area (Å²) in [6.07, 6.45) is 2.49. The van der Waals surface area contributed by atoms with Crippen molar-refractivity contribution in [2.24, 2.45) is 0 Å². The fraction of sp³-hybridized carbons (Fsp3) is 0.556. The standard InChI is InChI=1S/C9H14N4/c1-7-3-2-6-13(7)9-5-4-8(10)11-12-9/h4-5,7H,2-3,6H2,1H3,(H2,10,11). The Kier molecular flexibility index (Phi) is 2.04. The molecule has 13 heavy (non-hydrogen) atoms. The molecule has 2 heterocycles. The van der Waals surface area contributed by atoms with Crippen molar-refractivity contribution < 1.29 is 0 Å². The molecule has 1 aliphatic heterocycles. The third kappa shape index (κ3) is 1.56. The minimum atomic E-state index is 0.482. The molecule has 1 aromatic heterocycles. The van der Waals surface area contributed by atoms with Crippen molar-refractivity contribution in [2.75, 3.05) is 17.2 Å². The zero-order valence-electron chi connectivity index (χ0n) is 7.77. The van der Waals surface area contributed by atoms with Crippen molar-refractivity contribution in [3.8, 4) is 0 Å². The fourth-order valence-corrected chi connectivity index (χ4v) is 1.76. The smallest absolute Gasteiger partial charge is 0.151 e. The third-order valence-electron chi connectivity index (χ3n) is 2.52. The van der Waals surface area contributed by atoms with E-state index in [0.29, 0.717) is 11.9 Å². The predicted octanol–water partition coefficient (Wildman–Crippen LogP) is 1.05. The first-order valence-corrected chi connectivity index (χ1v) is 4.63. The van der Waals surface area contributed by atoms with Crippen LogP contribution in [0.1, 0.15) is 19.8 Å². The van der Waals surface area contributed by atoms with Gasteiger partial charge in [-0.25, -0.2) is 0 Å². The highest BCUT2D eigenvalue weighted by atomic mass is 15.3. The second kappa shape index (κ2) is 3.20. The van der Waals surface area contributed by atoms with Gasteiger partial charge in [0.1, 0.15) is 5.82 Å². The molecule has 4 nitrogen and oxygen atoms in total. The maximum Gasteiger partial charge on any atom is 0.151 e. The van der Waals surface area contributed by atoms with Gasteiger partial charge in [0.05, 0.1) is 0 Å². The van der Waals surface area contributed by atoms with E-state index in [4.69, 9.17) is 5.73 Å². The van der Waals surface area contributed by atoms with Crippen LogP contribution in [0.3, 0.4) is 0 Å². The van der Waals surface area contributed by atoms with Gasteiger partial charge >= 0.3 is 0 Å². The van der Waals surface area contributed by atoms with Crippen LogP contribution in [0.2, 0.25) is 0 Å². The van der Waals surface area contributed by atoms with E-state index >= 15 is 0 Å². The maximum absolute atomic E-state index is 5.47. The van der Waals surface area contributed by atoms with Crippen LogP contribution in [0, 0.1) is 0 Å². The Hall–Kier alpha value is -1.32. The summed E-state index contributed by atoms with van der Waals surface area (Å²) in [7, 11) is 0. The number of nitrogen functional groups attached to an aromatic ring is 1. The number of rotatable bonds is 1. The Labute approximate surface area is 77.8 Å². The lowest BCUT2D eigenvalue weighted by molar-refractivity contribution is 0.721. The van der Waals surface area contributed by atoms with E-state index in [1.54, 1.807) is 6.07 Å². The first-order valence-electron chi connectivity index (χ1n) is 4.63. The molecule has 0 amide bonds. The lowest BCUT2D eigenvalue weighted by Crippen LogP contribution is -2.27. The van der Waals surface area contributed by atoms with Gasteiger partial charge in [-0.05, 0) is 31.9 Å². The van der Waals surface area contributed by atoms with E-state index in [1.807, 2.05) is 6.07 Å². The number of hydrogen-bond donors (Lipinski definition) is 1. The molecule has 0 aromatic carbocycles. The molecular weight excluding hydrogens is 164 g/mol. The van der Waals surface area contributed by atoms with Crippen molar-refractivity contribution in [1.29, 1.82) is 0 Å². The van der Waals surface area contributed by atoms with Gasteiger partial charge in [-0.2, -0.15) is 0 Å². The Balaban J connectivity index is 2.20. The highest BCUT2D eigenvalue weighted by Crippen LogP contribution is 2.22.